The van der Waals surface area contributed by atoms with Gasteiger partial charge in [-0.15, -0.1) is 0 Å². The summed E-state index contributed by atoms with van der Waals surface area (Å²) in [5, 5.41) is 15.6. The van der Waals surface area contributed by atoms with Crippen molar-refractivity contribution in [2.75, 3.05) is 23.3 Å². The smallest absolute Gasteiger partial charge is 0.227 e. The van der Waals surface area contributed by atoms with Crippen LogP contribution in [-0.2, 0) is 11.3 Å². The number of piperidine rings is 1. The average Bonchev–Trinajstić information content (AvgIpc) is 3.57. The number of carbonyl (C=O) groups is 1. The molecule has 2 aromatic carbocycles. The fourth-order valence-corrected chi connectivity index (χ4v) is 4.02. The molecule has 0 bridgehead atoms. The Morgan fingerprint density at radius 2 is 1.74 bits per heavy atom. The van der Waals surface area contributed by atoms with Gasteiger partial charge in [0.1, 0.15) is 0 Å². The van der Waals surface area contributed by atoms with E-state index in [0.717, 1.165) is 62.4 Å². The number of anilines is 2. The summed E-state index contributed by atoms with van der Waals surface area (Å²) >= 11 is 0. The van der Waals surface area contributed by atoms with Crippen molar-refractivity contribution in [2.24, 2.45) is 5.92 Å². The molecule has 3 aromatic rings. The molecule has 1 aliphatic carbocycles. The Bertz CT molecular complexity index is 1020. The zero-order chi connectivity index (χ0) is 21.0. The number of para-hydroxylation sites is 1. The van der Waals surface area contributed by atoms with Crippen molar-refractivity contribution < 1.29 is 4.79 Å². The van der Waals surface area contributed by atoms with Gasteiger partial charge in [0.05, 0.1) is 17.6 Å². The zero-order valence-electron chi connectivity index (χ0n) is 17.6. The van der Waals surface area contributed by atoms with Crippen molar-refractivity contribution in [3.05, 3.63) is 66.5 Å². The van der Waals surface area contributed by atoms with Crippen LogP contribution in [0, 0.1) is 5.92 Å². The highest BCUT2D eigenvalue weighted by molar-refractivity contribution is 5.94. The van der Waals surface area contributed by atoms with E-state index in [9.17, 15) is 4.79 Å². The molecule has 31 heavy (non-hydrogen) atoms. The second-order valence-corrected chi connectivity index (χ2v) is 8.42. The van der Waals surface area contributed by atoms with Gasteiger partial charge >= 0.3 is 0 Å². The maximum absolute atomic E-state index is 12.0. The molecule has 1 saturated carbocycles. The van der Waals surface area contributed by atoms with Crippen LogP contribution in [0.1, 0.15) is 31.4 Å². The molecule has 0 spiro atoms. The summed E-state index contributed by atoms with van der Waals surface area (Å²) in [4.78, 5) is 16.1. The van der Waals surface area contributed by atoms with E-state index in [1.54, 1.807) is 4.80 Å². The molecule has 160 valence electrons. The first-order valence-corrected chi connectivity index (χ1v) is 11.1. The molecule has 0 unspecified atom stereocenters. The first-order chi connectivity index (χ1) is 15.2. The number of benzene rings is 2. The second kappa shape index (κ2) is 8.89. The number of carbonyl (C=O) groups excluding carboxylic acids is 1. The topological polar surface area (TPSA) is 75.1 Å². The minimum Gasteiger partial charge on any atom is -0.371 e. The largest absolute Gasteiger partial charge is 0.371 e. The zero-order valence-corrected chi connectivity index (χ0v) is 17.6. The van der Waals surface area contributed by atoms with E-state index < -0.39 is 0 Å². The summed E-state index contributed by atoms with van der Waals surface area (Å²) in [6.07, 6.45) is 6.02. The molecule has 2 heterocycles. The van der Waals surface area contributed by atoms with Crippen LogP contribution in [-0.4, -0.2) is 40.0 Å². The first kappa shape index (κ1) is 19.8. The summed E-state index contributed by atoms with van der Waals surface area (Å²) in [6, 6.07) is 18.6. The molecule has 7 nitrogen and oxygen atoms in total. The van der Waals surface area contributed by atoms with E-state index in [1.807, 2.05) is 48.7 Å². The van der Waals surface area contributed by atoms with Crippen LogP contribution in [0.15, 0.2) is 60.8 Å². The lowest BCUT2D eigenvalue weighted by Gasteiger charge is -2.34. The molecular weight excluding hydrogens is 388 g/mol. The van der Waals surface area contributed by atoms with E-state index in [2.05, 4.69) is 37.9 Å². The fourth-order valence-electron chi connectivity index (χ4n) is 4.02. The van der Waals surface area contributed by atoms with Crippen molar-refractivity contribution >= 4 is 17.3 Å². The molecular formula is C24H28N6O. The van der Waals surface area contributed by atoms with Crippen LogP contribution in [0.25, 0.3) is 5.69 Å². The summed E-state index contributed by atoms with van der Waals surface area (Å²) in [6.45, 7) is 2.71. The van der Waals surface area contributed by atoms with E-state index >= 15 is 0 Å². The normalized spacial score (nSPS) is 17.0. The third kappa shape index (κ3) is 4.94. The van der Waals surface area contributed by atoms with Gasteiger partial charge in [0.25, 0.3) is 0 Å². The van der Waals surface area contributed by atoms with Gasteiger partial charge in [0.15, 0.2) is 0 Å². The Morgan fingerprint density at radius 3 is 2.52 bits per heavy atom. The van der Waals surface area contributed by atoms with Gasteiger partial charge in [-0.2, -0.15) is 15.0 Å². The van der Waals surface area contributed by atoms with Gasteiger partial charge in [-0.3, -0.25) is 4.79 Å². The molecule has 0 atom stereocenters. The van der Waals surface area contributed by atoms with E-state index in [4.69, 9.17) is 0 Å². The Morgan fingerprint density at radius 1 is 0.968 bits per heavy atom. The quantitative estimate of drug-likeness (QED) is 0.618. The fraction of sp³-hybridized carbons (Fsp3) is 0.375. The van der Waals surface area contributed by atoms with Crippen molar-refractivity contribution in [1.82, 2.24) is 20.3 Å². The Balaban J connectivity index is 1.11. The van der Waals surface area contributed by atoms with Gasteiger partial charge in [-0.1, -0.05) is 24.3 Å². The number of amides is 1. The third-order valence-corrected chi connectivity index (χ3v) is 6.02. The third-order valence-electron chi connectivity index (χ3n) is 6.02. The predicted octanol–water partition coefficient (Wildman–Crippen LogP) is 3.37. The maximum atomic E-state index is 12.0. The van der Waals surface area contributed by atoms with Crippen molar-refractivity contribution in [3.8, 4) is 5.69 Å². The second-order valence-electron chi connectivity index (χ2n) is 8.42. The lowest BCUT2D eigenvalue weighted by molar-refractivity contribution is -0.117. The highest BCUT2D eigenvalue weighted by Gasteiger charge is 2.29. The Hall–Kier alpha value is -3.19. The van der Waals surface area contributed by atoms with E-state index in [1.165, 1.54) is 5.69 Å². The molecule has 1 aromatic heterocycles. The van der Waals surface area contributed by atoms with Gasteiger partial charge in [0.2, 0.25) is 5.91 Å². The SMILES string of the molecule is O=C(Nc1cccc(N2CCC(NCc3cnn(-c4ccccc4)n3)CC2)c1)C1CC1. The summed E-state index contributed by atoms with van der Waals surface area (Å²) in [7, 11) is 0. The highest BCUT2D eigenvalue weighted by Crippen LogP contribution is 2.31. The minimum atomic E-state index is 0.157. The van der Waals surface area contributed by atoms with Gasteiger partial charge in [0, 0.05) is 43.0 Å². The lowest BCUT2D eigenvalue weighted by atomic mass is 10.0. The highest BCUT2D eigenvalue weighted by atomic mass is 16.2. The minimum absolute atomic E-state index is 0.157. The van der Waals surface area contributed by atoms with Crippen LogP contribution in [0.5, 0.6) is 0 Å². The molecule has 1 saturated heterocycles. The lowest BCUT2D eigenvalue weighted by Crippen LogP contribution is -2.42. The molecule has 0 radical (unpaired) electrons. The number of hydrogen-bond donors (Lipinski definition) is 2. The molecule has 2 N–H and O–H groups in total. The summed E-state index contributed by atoms with van der Waals surface area (Å²) < 4.78 is 0. The maximum Gasteiger partial charge on any atom is 0.227 e. The first-order valence-electron chi connectivity index (χ1n) is 11.1. The van der Waals surface area contributed by atoms with Gasteiger partial charge < -0.3 is 15.5 Å². The molecule has 5 rings (SSSR count). The van der Waals surface area contributed by atoms with Crippen LogP contribution < -0.4 is 15.5 Å². The number of nitrogens with one attached hydrogen (secondary N) is 2. The molecule has 2 aliphatic rings. The van der Waals surface area contributed by atoms with E-state index in [-0.39, 0.29) is 11.8 Å². The number of rotatable bonds is 7. The Kier molecular flexibility index (Phi) is 5.67. The number of nitrogens with zero attached hydrogens (tertiary/aromatic N) is 4. The van der Waals surface area contributed by atoms with E-state index in [0.29, 0.717) is 6.04 Å². The predicted molar refractivity (Wildman–Crippen MR) is 121 cm³/mol. The monoisotopic (exact) mass is 416 g/mol. The van der Waals surface area contributed by atoms with Crippen LogP contribution in [0.2, 0.25) is 0 Å². The molecule has 1 aliphatic heterocycles. The summed E-state index contributed by atoms with van der Waals surface area (Å²) in [5.41, 5.74) is 4.00. The Labute approximate surface area is 182 Å². The van der Waals surface area contributed by atoms with Crippen LogP contribution >= 0.6 is 0 Å². The van der Waals surface area contributed by atoms with Crippen LogP contribution in [0.3, 0.4) is 0 Å². The average molecular weight is 417 g/mol. The number of aromatic nitrogens is 3. The van der Waals surface area contributed by atoms with Crippen molar-refractivity contribution in [2.45, 2.75) is 38.3 Å². The summed E-state index contributed by atoms with van der Waals surface area (Å²) in [5.74, 6) is 0.379. The van der Waals surface area contributed by atoms with Gasteiger partial charge in [-0.05, 0) is 56.0 Å². The molecule has 2 fully saturated rings. The van der Waals surface area contributed by atoms with Crippen molar-refractivity contribution in [3.63, 3.8) is 0 Å². The van der Waals surface area contributed by atoms with Crippen LogP contribution in [0.4, 0.5) is 11.4 Å². The molecule has 7 heteroatoms. The standard InChI is InChI=1S/C24H28N6O/c31-24(18-9-10-18)27-20-5-4-8-23(15-20)29-13-11-19(12-14-29)25-16-21-17-26-30(28-21)22-6-2-1-3-7-22/h1-8,15,17-19,25H,9-14,16H2,(H,27,31). The van der Waals surface area contributed by atoms with Crippen molar-refractivity contribution in [1.29, 1.82) is 0 Å². The molecule has 1 amide bonds. The number of hydrogen-bond acceptors (Lipinski definition) is 5. The van der Waals surface area contributed by atoms with Gasteiger partial charge in [-0.25, -0.2) is 0 Å².